The molecule has 2 aromatic heterocycles. The highest BCUT2D eigenvalue weighted by Gasteiger charge is 2.20. The number of carbonyl (C=O) groups is 1. The number of benzene rings is 1. The molecule has 8 nitrogen and oxygen atoms in total. The van der Waals surface area contributed by atoms with E-state index in [2.05, 4.69) is 16.3 Å². The molecule has 1 saturated heterocycles. The van der Waals surface area contributed by atoms with E-state index in [4.69, 9.17) is 11.6 Å². The third-order valence-corrected chi connectivity index (χ3v) is 6.50. The molecule has 1 aromatic carbocycles. The van der Waals surface area contributed by atoms with Crippen LogP contribution in [0.4, 0.5) is 0 Å². The highest BCUT2D eigenvalue weighted by molar-refractivity contribution is 6.30. The lowest BCUT2D eigenvalue weighted by atomic mass is 9.96. The second-order valence-corrected chi connectivity index (χ2v) is 8.98. The van der Waals surface area contributed by atoms with E-state index in [-0.39, 0.29) is 18.0 Å². The van der Waals surface area contributed by atoms with Crippen LogP contribution in [-0.4, -0.2) is 44.1 Å². The lowest BCUT2D eigenvalue weighted by molar-refractivity contribution is -0.121. The lowest BCUT2D eigenvalue weighted by Gasteiger charge is -2.32. The molecule has 0 atom stereocenters. The van der Waals surface area contributed by atoms with Crippen molar-refractivity contribution in [2.75, 3.05) is 19.6 Å². The van der Waals surface area contributed by atoms with Crippen molar-refractivity contribution in [3.63, 3.8) is 0 Å². The minimum atomic E-state index is -0.410. The number of rotatable bonds is 6. The Morgan fingerprint density at radius 1 is 1.12 bits per heavy atom. The fourth-order valence-corrected chi connectivity index (χ4v) is 4.64. The average Bonchev–Trinajstić information content (AvgIpc) is 3.19. The molecule has 0 aliphatic carbocycles. The van der Waals surface area contributed by atoms with Gasteiger partial charge in [-0.1, -0.05) is 23.7 Å². The first-order valence-electron chi connectivity index (χ1n) is 10.8. The minimum Gasteiger partial charge on any atom is -0.354 e. The largest absolute Gasteiger partial charge is 0.354 e. The topological polar surface area (TPSA) is 81.3 Å². The van der Waals surface area contributed by atoms with E-state index in [1.54, 1.807) is 23.9 Å². The monoisotopic (exact) mass is 457 g/mol. The molecule has 9 heteroatoms. The fourth-order valence-electron chi connectivity index (χ4n) is 4.43. The predicted molar refractivity (Wildman–Crippen MR) is 125 cm³/mol. The number of likely N-dealkylation sites (tertiary alicyclic amines) is 1. The molecule has 1 amide bonds. The zero-order chi connectivity index (χ0) is 22.8. The van der Waals surface area contributed by atoms with Crippen LogP contribution in [0, 0.1) is 5.92 Å². The Morgan fingerprint density at radius 3 is 2.59 bits per heavy atom. The van der Waals surface area contributed by atoms with E-state index >= 15 is 0 Å². The van der Waals surface area contributed by atoms with Gasteiger partial charge in [0, 0.05) is 38.4 Å². The second-order valence-electron chi connectivity index (χ2n) is 8.54. The van der Waals surface area contributed by atoms with Crippen LogP contribution in [0.25, 0.3) is 11.0 Å². The standard InChI is InChI=1S/C23H28ClN5O3/c1-26-21-19(22(31)27(2)23(26)32)8-11-29(21)15-20(30)25-13-16-6-9-28(10-7-16)14-17-4-3-5-18(24)12-17/h3-5,8,11-12,16H,6-7,9-10,13-15H2,1-2H3,(H,25,30). The van der Waals surface area contributed by atoms with Gasteiger partial charge in [-0.2, -0.15) is 0 Å². The van der Waals surface area contributed by atoms with Crippen molar-refractivity contribution in [2.24, 2.45) is 20.0 Å². The van der Waals surface area contributed by atoms with Gasteiger partial charge in [0.1, 0.15) is 12.2 Å². The summed E-state index contributed by atoms with van der Waals surface area (Å²) >= 11 is 6.08. The number of piperidine rings is 1. The van der Waals surface area contributed by atoms with Crippen molar-refractivity contribution in [1.29, 1.82) is 0 Å². The number of halogens is 1. The van der Waals surface area contributed by atoms with E-state index in [0.29, 0.717) is 23.5 Å². The normalized spacial score (nSPS) is 15.3. The Hall–Kier alpha value is -2.84. The smallest absolute Gasteiger partial charge is 0.332 e. The number of fused-ring (bicyclic) bond motifs is 1. The Morgan fingerprint density at radius 2 is 1.88 bits per heavy atom. The fraction of sp³-hybridized carbons (Fsp3) is 0.435. The molecule has 1 fully saturated rings. The minimum absolute atomic E-state index is 0.0670. The molecule has 4 rings (SSSR count). The van der Waals surface area contributed by atoms with Crippen LogP contribution in [0.3, 0.4) is 0 Å². The molecule has 0 saturated carbocycles. The van der Waals surface area contributed by atoms with Crippen LogP contribution in [0.5, 0.6) is 0 Å². The van der Waals surface area contributed by atoms with Crippen molar-refractivity contribution in [3.8, 4) is 0 Å². The molecular formula is C23H28ClN5O3. The quantitative estimate of drug-likeness (QED) is 0.611. The lowest BCUT2D eigenvalue weighted by Crippen LogP contribution is -2.39. The Balaban J connectivity index is 1.30. The van der Waals surface area contributed by atoms with E-state index < -0.39 is 5.69 Å². The van der Waals surface area contributed by atoms with Gasteiger partial charge < -0.3 is 9.88 Å². The van der Waals surface area contributed by atoms with Gasteiger partial charge in [0.05, 0.1) is 5.39 Å². The summed E-state index contributed by atoms with van der Waals surface area (Å²) in [6.45, 7) is 3.56. The maximum absolute atomic E-state index is 12.6. The van der Waals surface area contributed by atoms with Crippen LogP contribution in [0.2, 0.25) is 5.02 Å². The molecule has 3 heterocycles. The van der Waals surface area contributed by atoms with Crippen LogP contribution < -0.4 is 16.6 Å². The summed E-state index contributed by atoms with van der Waals surface area (Å²) in [4.78, 5) is 39.5. The molecule has 1 aliphatic rings. The molecule has 170 valence electrons. The van der Waals surface area contributed by atoms with E-state index in [9.17, 15) is 14.4 Å². The number of nitrogens with zero attached hydrogens (tertiary/aromatic N) is 4. The molecule has 32 heavy (non-hydrogen) atoms. The van der Waals surface area contributed by atoms with Crippen LogP contribution >= 0.6 is 11.6 Å². The number of amides is 1. The number of hydrogen-bond donors (Lipinski definition) is 1. The molecule has 1 N–H and O–H groups in total. The van der Waals surface area contributed by atoms with Gasteiger partial charge in [0.2, 0.25) is 5.91 Å². The van der Waals surface area contributed by atoms with Gasteiger partial charge in [-0.15, -0.1) is 0 Å². The highest BCUT2D eigenvalue weighted by Crippen LogP contribution is 2.20. The first-order chi connectivity index (χ1) is 15.3. The van der Waals surface area contributed by atoms with E-state index in [0.717, 1.165) is 42.1 Å². The third-order valence-electron chi connectivity index (χ3n) is 6.26. The maximum atomic E-state index is 12.6. The first-order valence-corrected chi connectivity index (χ1v) is 11.2. The summed E-state index contributed by atoms with van der Waals surface area (Å²) in [7, 11) is 3.06. The Labute approximate surface area is 191 Å². The summed E-state index contributed by atoms with van der Waals surface area (Å²) in [5, 5.41) is 4.21. The summed E-state index contributed by atoms with van der Waals surface area (Å²) in [5.74, 6) is 0.310. The van der Waals surface area contributed by atoms with Gasteiger partial charge >= 0.3 is 5.69 Å². The number of nitrogens with one attached hydrogen (secondary N) is 1. The van der Waals surface area contributed by atoms with Gasteiger partial charge in [-0.3, -0.25) is 23.6 Å². The van der Waals surface area contributed by atoms with Crippen LogP contribution in [-0.2, 0) is 32.0 Å². The Kier molecular flexibility index (Phi) is 6.53. The van der Waals surface area contributed by atoms with Crippen LogP contribution in [0.1, 0.15) is 18.4 Å². The SMILES string of the molecule is Cn1c(=O)c2ccn(CC(=O)NCC3CCN(Cc4cccc(Cl)c4)CC3)c2n(C)c1=O. The van der Waals surface area contributed by atoms with Crippen molar-refractivity contribution in [2.45, 2.75) is 25.9 Å². The molecule has 0 unspecified atom stereocenters. The molecule has 1 aliphatic heterocycles. The van der Waals surface area contributed by atoms with Crippen molar-refractivity contribution >= 4 is 28.5 Å². The van der Waals surface area contributed by atoms with E-state index in [1.807, 2.05) is 18.2 Å². The van der Waals surface area contributed by atoms with Gasteiger partial charge in [0.15, 0.2) is 0 Å². The van der Waals surface area contributed by atoms with Gasteiger partial charge in [-0.25, -0.2) is 4.79 Å². The third kappa shape index (κ3) is 4.66. The maximum Gasteiger partial charge on any atom is 0.332 e. The number of carbonyl (C=O) groups excluding carboxylic acids is 1. The molecular weight excluding hydrogens is 430 g/mol. The number of hydrogen-bond acceptors (Lipinski definition) is 4. The average molecular weight is 458 g/mol. The molecule has 0 bridgehead atoms. The zero-order valence-corrected chi connectivity index (χ0v) is 19.1. The summed E-state index contributed by atoms with van der Waals surface area (Å²) in [5.41, 5.74) is 0.911. The Bertz CT molecular complexity index is 1250. The molecule has 3 aromatic rings. The first kappa shape index (κ1) is 22.4. The van der Waals surface area contributed by atoms with Crippen molar-refractivity contribution in [3.05, 3.63) is 68.0 Å². The van der Waals surface area contributed by atoms with Crippen molar-refractivity contribution in [1.82, 2.24) is 23.9 Å². The number of aryl methyl sites for hydroxylation is 1. The summed E-state index contributed by atoms with van der Waals surface area (Å²) < 4.78 is 4.13. The summed E-state index contributed by atoms with van der Waals surface area (Å²) in [6, 6.07) is 9.61. The van der Waals surface area contributed by atoms with Gasteiger partial charge in [0.25, 0.3) is 5.56 Å². The second kappa shape index (κ2) is 9.34. The molecule has 0 radical (unpaired) electrons. The number of aromatic nitrogens is 3. The predicted octanol–water partition coefficient (Wildman–Crippen LogP) is 1.72. The van der Waals surface area contributed by atoms with Crippen LogP contribution in [0.15, 0.2) is 46.1 Å². The molecule has 0 spiro atoms. The van der Waals surface area contributed by atoms with Gasteiger partial charge in [-0.05, 0) is 55.6 Å². The zero-order valence-electron chi connectivity index (χ0n) is 18.4. The van der Waals surface area contributed by atoms with E-state index in [1.165, 1.54) is 17.2 Å². The summed E-state index contributed by atoms with van der Waals surface area (Å²) in [6.07, 6.45) is 3.73. The highest BCUT2D eigenvalue weighted by atomic mass is 35.5. The van der Waals surface area contributed by atoms with Crippen molar-refractivity contribution < 1.29 is 4.79 Å².